The van der Waals surface area contributed by atoms with E-state index in [-0.39, 0.29) is 12.5 Å². The van der Waals surface area contributed by atoms with Crippen LogP contribution in [0.4, 0.5) is 10.2 Å². The molecule has 1 amide bonds. The minimum Gasteiger partial charge on any atom is -0.367 e. The summed E-state index contributed by atoms with van der Waals surface area (Å²) in [7, 11) is 0. The van der Waals surface area contributed by atoms with Gasteiger partial charge in [0.1, 0.15) is 17.3 Å². The number of carbonyl (C=O) groups is 1. The normalized spacial score (nSPS) is 21.3. The van der Waals surface area contributed by atoms with Crippen molar-refractivity contribution in [2.75, 3.05) is 44.6 Å². The third-order valence-corrected chi connectivity index (χ3v) is 5.80. The predicted molar refractivity (Wildman–Crippen MR) is 104 cm³/mol. The van der Waals surface area contributed by atoms with E-state index in [0.717, 1.165) is 31.6 Å². The molecule has 27 heavy (non-hydrogen) atoms. The second-order valence-electron chi connectivity index (χ2n) is 8.29. The molecule has 0 saturated carbocycles. The SMILES string of the molecule is Cc1cc(NCC2(F)CCN(CC(=O)N3CCC(C)CC3)CC2)nc(C)n1. The van der Waals surface area contributed by atoms with E-state index >= 15 is 4.39 Å². The van der Waals surface area contributed by atoms with E-state index in [0.29, 0.717) is 50.0 Å². The van der Waals surface area contributed by atoms with Crippen LogP contribution in [-0.2, 0) is 4.79 Å². The summed E-state index contributed by atoms with van der Waals surface area (Å²) in [6, 6.07) is 1.84. The van der Waals surface area contributed by atoms with Gasteiger partial charge in [0.05, 0.1) is 13.1 Å². The third kappa shape index (κ3) is 5.61. The van der Waals surface area contributed by atoms with Crippen LogP contribution < -0.4 is 5.32 Å². The predicted octanol–water partition coefficient (Wildman–Crippen LogP) is 2.57. The van der Waals surface area contributed by atoms with Gasteiger partial charge in [-0.25, -0.2) is 14.4 Å². The Morgan fingerprint density at radius 1 is 1.22 bits per heavy atom. The van der Waals surface area contributed by atoms with Crippen molar-refractivity contribution in [3.8, 4) is 0 Å². The lowest BCUT2D eigenvalue weighted by molar-refractivity contribution is -0.134. The van der Waals surface area contributed by atoms with Gasteiger partial charge in [0.2, 0.25) is 5.91 Å². The van der Waals surface area contributed by atoms with Gasteiger partial charge in [0, 0.05) is 37.9 Å². The van der Waals surface area contributed by atoms with Crippen LogP contribution >= 0.6 is 0 Å². The van der Waals surface area contributed by atoms with Crippen molar-refractivity contribution in [3.05, 3.63) is 17.6 Å². The van der Waals surface area contributed by atoms with Crippen molar-refractivity contribution in [2.24, 2.45) is 5.92 Å². The first kappa shape index (κ1) is 20.0. The Kier molecular flexibility index (Phi) is 6.29. The first-order chi connectivity index (χ1) is 12.8. The number of carbonyl (C=O) groups excluding carboxylic acids is 1. The van der Waals surface area contributed by atoms with Gasteiger partial charge in [0.25, 0.3) is 0 Å². The van der Waals surface area contributed by atoms with Gasteiger partial charge in [-0.1, -0.05) is 6.92 Å². The summed E-state index contributed by atoms with van der Waals surface area (Å²) in [6.07, 6.45) is 3.06. The molecule has 2 fully saturated rings. The van der Waals surface area contributed by atoms with Crippen molar-refractivity contribution in [1.82, 2.24) is 19.8 Å². The van der Waals surface area contributed by atoms with E-state index < -0.39 is 5.67 Å². The molecule has 3 heterocycles. The molecular formula is C20H32FN5O. The molecular weight excluding hydrogens is 345 g/mol. The molecule has 0 aromatic carbocycles. The molecule has 0 spiro atoms. The zero-order chi connectivity index (χ0) is 19.4. The summed E-state index contributed by atoms with van der Waals surface area (Å²) < 4.78 is 15.1. The van der Waals surface area contributed by atoms with Crippen LogP contribution in [0.15, 0.2) is 6.07 Å². The van der Waals surface area contributed by atoms with Crippen LogP contribution in [-0.4, -0.2) is 70.6 Å². The largest absolute Gasteiger partial charge is 0.367 e. The van der Waals surface area contributed by atoms with Gasteiger partial charge < -0.3 is 10.2 Å². The zero-order valence-corrected chi connectivity index (χ0v) is 16.8. The Morgan fingerprint density at radius 2 is 1.89 bits per heavy atom. The quantitative estimate of drug-likeness (QED) is 0.855. The number of alkyl halides is 1. The second-order valence-corrected chi connectivity index (χ2v) is 8.29. The highest BCUT2D eigenvalue weighted by atomic mass is 19.1. The van der Waals surface area contributed by atoms with E-state index in [1.54, 1.807) is 0 Å². The first-order valence-electron chi connectivity index (χ1n) is 10.1. The molecule has 2 aliphatic heterocycles. The number of piperidine rings is 2. The maximum Gasteiger partial charge on any atom is 0.236 e. The molecule has 1 aromatic rings. The molecule has 0 unspecified atom stereocenters. The highest BCUT2D eigenvalue weighted by Gasteiger charge is 2.35. The second kappa shape index (κ2) is 8.50. The maximum atomic E-state index is 15.1. The van der Waals surface area contributed by atoms with Gasteiger partial charge in [-0.3, -0.25) is 9.69 Å². The number of amides is 1. The molecule has 2 aliphatic rings. The lowest BCUT2D eigenvalue weighted by Crippen LogP contribution is -2.49. The number of nitrogens with one attached hydrogen (secondary N) is 1. The van der Waals surface area contributed by atoms with Crippen LogP contribution in [0.2, 0.25) is 0 Å². The molecule has 0 atom stereocenters. The van der Waals surface area contributed by atoms with Crippen LogP contribution in [0.3, 0.4) is 0 Å². The third-order valence-electron chi connectivity index (χ3n) is 5.80. The number of nitrogens with zero attached hydrogens (tertiary/aromatic N) is 4. The van der Waals surface area contributed by atoms with Gasteiger partial charge in [-0.15, -0.1) is 0 Å². The molecule has 0 radical (unpaired) electrons. The standard InChI is InChI=1S/C20H32FN5O/c1-15-4-8-26(9-5-15)19(27)13-25-10-6-20(21,7-11-25)14-22-18-12-16(2)23-17(3)24-18/h12,15H,4-11,13-14H2,1-3H3,(H,22,23,24). The monoisotopic (exact) mass is 377 g/mol. The summed E-state index contributed by atoms with van der Waals surface area (Å²) >= 11 is 0. The van der Waals surface area contributed by atoms with Crippen molar-refractivity contribution in [3.63, 3.8) is 0 Å². The van der Waals surface area contributed by atoms with E-state index in [1.165, 1.54) is 0 Å². The minimum atomic E-state index is -1.26. The number of hydrogen-bond donors (Lipinski definition) is 1. The smallest absolute Gasteiger partial charge is 0.236 e. The van der Waals surface area contributed by atoms with E-state index in [2.05, 4.69) is 27.1 Å². The Hall–Kier alpha value is -1.76. The van der Waals surface area contributed by atoms with E-state index in [9.17, 15) is 4.79 Å². The van der Waals surface area contributed by atoms with Crippen molar-refractivity contribution in [1.29, 1.82) is 0 Å². The van der Waals surface area contributed by atoms with Gasteiger partial charge in [0.15, 0.2) is 0 Å². The molecule has 0 bridgehead atoms. The van der Waals surface area contributed by atoms with Gasteiger partial charge in [-0.05, 0) is 45.4 Å². The lowest BCUT2D eigenvalue weighted by Gasteiger charge is -2.38. The summed E-state index contributed by atoms with van der Waals surface area (Å²) in [5, 5.41) is 3.13. The molecule has 7 heteroatoms. The number of likely N-dealkylation sites (tertiary alicyclic amines) is 2. The summed E-state index contributed by atoms with van der Waals surface area (Å²) in [6.45, 7) is 9.62. The Labute approximate surface area is 161 Å². The summed E-state index contributed by atoms with van der Waals surface area (Å²) in [5.41, 5.74) is -0.384. The average molecular weight is 378 g/mol. The number of rotatable bonds is 5. The van der Waals surface area contributed by atoms with Crippen molar-refractivity contribution >= 4 is 11.7 Å². The van der Waals surface area contributed by atoms with E-state index in [4.69, 9.17) is 0 Å². The Bertz CT molecular complexity index is 632. The highest BCUT2D eigenvalue weighted by molar-refractivity contribution is 5.78. The molecule has 6 nitrogen and oxygen atoms in total. The fourth-order valence-corrected chi connectivity index (χ4v) is 3.89. The number of halogens is 1. The van der Waals surface area contributed by atoms with E-state index in [1.807, 2.05) is 24.8 Å². The maximum absolute atomic E-state index is 15.1. The van der Waals surface area contributed by atoms with Crippen LogP contribution in [0.1, 0.15) is 44.1 Å². The lowest BCUT2D eigenvalue weighted by atomic mass is 9.93. The summed E-state index contributed by atoms with van der Waals surface area (Å²) in [5.74, 6) is 2.27. The van der Waals surface area contributed by atoms with Crippen LogP contribution in [0, 0.1) is 19.8 Å². The molecule has 1 aromatic heterocycles. The van der Waals surface area contributed by atoms with Gasteiger partial charge in [-0.2, -0.15) is 0 Å². The highest BCUT2D eigenvalue weighted by Crippen LogP contribution is 2.27. The molecule has 2 saturated heterocycles. The first-order valence-corrected chi connectivity index (χ1v) is 10.1. The Morgan fingerprint density at radius 3 is 2.52 bits per heavy atom. The minimum absolute atomic E-state index is 0.193. The van der Waals surface area contributed by atoms with Crippen LogP contribution in [0.25, 0.3) is 0 Å². The molecule has 1 N–H and O–H groups in total. The molecule has 3 rings (SSSR count). The summed E-state index contributed by atoms with van der Waals surface area (Å²) in [4.78, 5) is 25.1. The fraction of sp³-hybridized carbons (Fsp3) is 0.750. The number of aromatic nitrogens is 2. The van der Waals surface area contributed by atoms with Crippen molar-refractivity contribution < 1.29 is 9.18 Å². The van der Waals surface area contributed by atoms with Crippen molar-refractivity contribution in [2.45, 2.75) is 52.1 Å². The Balaban J connectivity index is 1.44. The van der Waals surface area contributed by atoms with Crippen LogP contribution in [0.5, 0.6) is 0 Å². The topological polar surface area (TPSA) is 61.4 Å². The number of anilines is 1. The average Bonchev–Trinajstić information content (AvgIpc) is 2.62. The number of aryl methyl sites for hydroxylation is 2. The number of hydrogen-bond acceptors (Lipinski definition) is 5. The zero-order valence-electron chi connectivity index (χ0n) is 16.8. The van der Waals surface area contributed by atoms with Gasteiger partial charge >= 0.3 is 0 Å². The molecule has 150 valence electrons. The molecule has 0 aliphatic carbocycles. The fourth-order valence-electron chi connectivity index (χ4n) is 3.89.